The van der Waals surface area contributed by atoms with Gasteiger partial charge in [0.25, 0.3) is 5.56 Å². The van der Waals surface area contributed by atoms with E-state index in [4.69, 9.17) is 4.98 Å². The Morgan fingerprint density at radius 1 is 0.919 bits per heavy atom. The van der Waals surface area contributed by atoms with Gasteiger partial charge in [-0.15, -0.1) is 0 Å². The summed E-state index contributed by atoms with van der Waals surface area (Å²) >= 11 is 1.32. The van der Waals surface area contributed by atoms with Crippen molar-refractivity contribution in [2.75, 3.05) is 36.8 Å². The molecule has 2 aromatic carbocycles. The van der Waals surface area contributed by atoms with Crippen molar-refractivity contribution < 1.29 is 14.7 Å². The summed E-state index contributed by atoms with van der Waals surface area (Å²) in [6.45, 7) is 3.41. The zero-order valence-corrected chi connectivity index (χ0v) is 21.6. The van der Waals surface area contributed by atoms with Crippen LogP contribution in [0.15, 0.2) is 64.5 Å². The van der Waals surface area contributed by atoms with Gasteiger partial charge in [0.15, 0.2) is 5.16 Å². The van der Waals surface area contributed by atoms with Crippen LogP contribution in [0, 0.1) is 11.8 Å². The molecule has 5 rings (SSSR count). The molecule has 0 spiro atoms. The fourth-order valence-electron chi connectivity index (χ4n) is 5.34. The van der Waals surface area contributed by atoms with Gasteiger partial charge in [-0.05, 0) is 55.9 Å². The SMILES string of the molecule is O=C(O)C1CCC(Cn2c(SCC(=O)N3CCN(c4ccccc4)CC3)nc3ccccc3c2=O)CC1. The molecule has 1 N–H and O–H groups in total. The molecule has 0 bridgehead atoms. The summed E-state index contributed by atoms with van der Waals surface area (Å²) in [7, 11) is 0. The second-order valence-electron chi connectivity index (χ2n) is 9.88. The van der Waals surface area contributed by atoms with E-state index in [2.05, 4.69) is 17.0 Å². The number of para-hydroxylation sites is 2. The molecular formula is C28H32N4O4S. The molecule has 0 atom stereocenters. The third kappa shape index (κ3) is 5.82. The summed E-state index contributed by atoms with van der Waals surface area (Å²) in [6.07, 6.45) is 2.80. The van der Waals surface area contributed by atoms with E-state index < -0.39 is 5.97 Å². The summed E-state index contributed by atoms with van der Waals surface area (Å²) in [5.41, 5.74) is 1.70. The number of nitrogens with zero attached hydrogens (tertiary/aromatic N) is 4. The third-order valence-electron chi connectivity index (χ3n) is 7.54. The number of benzene rings is 2. The predicted octanol–water partition coefficient (Wildman–Crippen LogP) is 3.73. The topological polar surface area (TPSA) is 95.7 Å². The van der Waals surface area contributed by atoms with Gasteiger partial charge >= 0.3 is 5.97 Å². The lowest BCUT2D eigenvalue weighted by molar-refractivity contribution is -0.143. The third-order valence-corrected chi connectivity index (χ3v) is 8.50. The number of carboxylic acid groups (broad SMARTS) is 1. The molecule has 2 fully saturated rings. The number of amides is 1. The van der Waals surface area contributed by atoms with Gasteiger partial charge in [0, 0.05) is 38.4 Å². The zero-order chi connectivity index (χ0) is 25.8. The predicted molar refractivity (Wildman–Crippen MR) is 145 cm³/mol. The molecule has 194 valence electrons. The van der Waals surface area contributed by atoms with E-state index in [-0.39, 0.29) is 29.1 Å². The van der Waals surface area contributed by atoms with E-state index in [1.54, 1.807) is 10.6 Å². The fourth-order valence-corrected chi connectivity index (χ4v) is 6.25. The van der Waals surface area contributed by atoms with E-state index >= 15 is 0 Å². The molecule has 37 heavy (non-hydrogen) atoms. The Hall–Kier alpha value is -3.33. The van der Waals surface area contributed by atoms with E-state index in [0.717, 1.165) is 25.9 Å². The fraction of sp³-hybridized carbons (Fsp3) is 0.429. The summed E-state index contributed by atoms with van der Waals surface area (Å²) in [4.78, 5) is 46.8. The molecule has 1 saturated carbocycles. The van der Waals surface area contributed by atoms with E-state index in [1.807, 2.05) is 41.3 Å². The van der Waals surface area contributed by atoms with Crippen molar-refractivity contribution in [1.29, 1.82) is 0 Å². The highest BCUT2D eigenvalue weighted by Gasteiger charge is 2.28. The second-order valence-corrected chi connectivity index (χ2v) is 10.8. The molecule has 2 heterocycles. The van der Waals surface area contributed by atoms with Gasteiger partial charge in [-0.2, -0.15) is 0 Å². The van der Waals surface area contributed by atoms with Gasteiger partial charge < -0.3 is 14.9 Å². The molecule has 0 unspecified atom stereocenters. The number of aromatic nitrogens is 2. The van der Waals surface area contributed by atoms with Crippen LogP contribution in [-0.2, 0) is 16.1 Å². The van der Waals surface area contributed by atoms with Crippen molar-refractivity contribution in [2.45, 2.75) is 37.4 Å². The minimum atomic E-state index is -0.734. The molecule has 1 aliphatic heterocycles. The number of aliphatic carboxylic acids is 1. The number of carbonyl (C=O) groups excluding carboxylic acids is 1. The Kier molecular flexibility index (Phi) is 7.79. The van der Waals surface area contributed by atoms with Crippen LogP contribution in [0.2, 0.25) is 0 Å². The maximum atomic E-state index is 13.4. The number of anilines is 1. The average molecular weight is 521 g/mol. The van der Waals surface area contributed by atoms with Crippen LogP contribution < -0.4 is 10.5 Å². The first-order valence-corrected chi connectivity index (χ1v) is 13.9. The maximum absolute atomic E-state index is 13.4. The largest absolute Gasteiger partial charge is 0.481 e. The average Bonchev–Trinajstić information content (AvgIpc) is 2.94. The van der Waals surface area contributed by atoms with Crippen molar-refractivity contribution in [3.8, 4) is 0 Å². The van der Waals surface area contributed by atoms with Crippen molar-refractivity contribution >= 4 is 40.2 Å². The van der Waals surface area contributed by atoms with Crippen LogP contribution in [0.3, 0.4) is 0 Å². The van der Waals surface area contributed by atoms with E-state index in [9.17, 15) is 19.5 Å². The number of carbonyl (C=O) groups is 2. The number of rotatable bonds is 7. The Balaban J connectivity index is 1.27. The lowest BCUT2D eigenvalue weighted by atomic mass is 9.82. The molecule has 0 radical (unpaired) electrons. The summed E-state index contributed by atoms with van der Waals surface area (Å²) < 4.78 is 1.71. The minimum Gasteiger partial charge on any atom is -0.481 e. The number of piperazine rings is 1. The van der Waals surface area contributed by atoms with Crippen molar-refractivity contribution in [2.24, 2.45) is 11.8 Å². The number of carboxylic acids is 1. The summed E-state index contributed by atoms with van der Waals surface area (Å²) in [5.74, 6) is -0.535. The van der Waals surface area contributed by atoms with Gasteiger partial charge in [-0.25, -0.2) is 4.98 Å². The number of fused-ring (bicyclic) bond motifs is 1. The summed E-state index contributed by atoms with van der Waals surface area (Å²) in [6, 6.07) is 17.5. The molecule has 8 nitrogen and oxygen atoms in total. The van der Waals surface area contributed by atoms with Crippen molar-refractivity contribution in [3.05, 3.63) is 65.0 Å². The van der Waals surface area contributed by atoms with Crippen LogP contribution in [-0.4, -0.2) is 63.4 Å². The van der Waals surface area contributed by atoms with Crippen molar-refractivity contribution in [1.82, 2.24) is 14.5 Å². The van der Waals surface area contributed by atoms with Gasteiger partial charge in [-0.3, -0.25) is 19.0 Å². The molecule has 2 aliphatic rings. The number of hydrogen-bond donors (Lipinski definition) is 1. The lowest BCUT2D eigenvalue weighted by Crippen LogP contribution is -2.49. The van der Waals surface area contributed by atoms with Crippen LogP contribution in [0.1, 0.15) is 25.7 Å². The Bertz CT molecular complexity index is 1310. The maximum Gasteiger partial charge on any atom is 0.306 e. The highest BCUT2D eigenvalue weighted by Crippen LogP contribution is 2.31. The van der Waals surface area contributed by atoms with E-state index in [0.29, 0.717) is 48.5 Å². The van der Waals surface area contributed by atoms with Crippen molar-refractivity contribution in [3.63, 3.8) is 0 Å². The molecule has 1 aliphatic carbocycles. The molecule has 1 aromatic heterocycles. The van der Waals surface area contributed by atoms with Crippen LogP contribution >= 0.6 is 11.8 Å². The zero-order valence-electron chi connectivity index (χ0n) is 20.8. The molecule has 1 saturated heterocycles. The van der Waals surface area contributed by atoms with Gasteiger partial charge in [0.1, 0.15) is 0 Å². The Morgan fingerprint density at radius 3 is 2.30 bits per heavy atom. The summed E-state index contributed by atoms with van der Waals surface area (Å²) in [5, 5.41) is 10.4. The molecule has 3 aromatic rings. The first kappa shape index (κ1) is 25.3. The smallest absolute Gasteiger partial charge is 0.306 e. The van der Waals surface area contributed by atoms with Gasteiger partial charge in [0.2, 0.25) is 5.91 Å². The van der Waals surface area contributed by atoms with E-state index in [1.165, 1.54) is 17.4 Å². The Labute approximate surface area is 220 Å². The monoisotopic (exact) mass is 520 g/mol. The normalized spacial score (nSPS) is 20.2. The standard InChI is InChI=1S/C28H32N4O4S/c33-25(31-16-14-30(15-17-31)22-6-2-1-3-7-22)19-37-28-29-24-9-5-4-8-23(24)26(34)32(28)18-20-10-12-21(13-11-20)27(35)36/h1-9,20-21H,10-19H2,(H,35,36). The van der Waals surface area contributed by atoms with Crippen LogP contribution in [0.25, 0.3) is 10.9 Å². The first-order valence-electron chi connectivity index (χ1n) is 12.9. The molecular weight excluding hydrogens is 488 g/mol. The number of hydrogen-bond acceptors (Lipinski definition) is 6. The molecule has 1 amide bonds. The van der Waals surface area contributed by atoms with Gasteiger partial charge in [-0.1, -0.05) is 42.1 Å². The highest BCUT2D eigenvalue weighted by atomic mass is 32.2. The first-order chi connectivity index (χ1) is 18.0. The second kappa shape index (κ2) is 11.4. The Morgan fingerprint density at radius 2 is 1.59 bits per heavy atom. The molecule has 9 heteroatoms. The quantitative estimate of drug-likeness (QED) is 0.375. The lowest BCUT2D eigenvalue weighted by Gasteiger charge is -2.36. The van der Waals surface area contributed by atoms with Gasteiger partial charge in [0.05, 0.1) is 22.6 Å². The highest BCUT2D eigenvalue weighted by molar-refractivity contribution is 7.99. The van der Waals surface area contributed by atoms with Crippen LogP contribution in [0.4, 0.5) is 5.69 Å². The minimum absolute atomic E-state index is 0.0497. The van der Waals surface area contributed by atoms with Crippen LogP contribution in [0.5, 0.6) is 0 Å². The number of thioether (sulfide) groups is 1.